The van der Waals surface area contributed by atoms with Crippen molar-refractivity contribution < 1.29 is 36.0 Å². The van der Waals surface area contributed by atoms with E-state index in [1.165, 1.54) is 36.4 Å². The number of hydrogen-bond acceptors (Lipinski definition) is 3. The topological polar surface area (TPSA) is 29.5 Å². The van der Waals surface area contributed by atoms with Gasteiger partial charge in [-0.15, -0.1) is 0 Å². The fourth-order valence-electron chi connectivity index (χ4n) is 2.26. The van der Waals surface area contributed by atoms with Gasteiger partial charge < -0.3 is 0 Å². The molecule has 0 spiro atoms. The van der Waals surface area contributed by atoms with E-state index < -0.39 is 28.5 Å². The molecule has 0 saturated carbocycles. The number of rotatable bonds is 5. The number of hydrogen-bond donors (Lipinski definition) is 0. The molecule has 0 aliphatic heterocycles. The van der Waals surface area contributed by atoms with Crippen molar-refractivity contribution in [2.24, 2.45) is 0 Å². The molecule has 0 radical (unpaired) electrons. The van der Waals surface area contributed by atoms with Crippen LogP contribution in [0.25, 0.3) is 0 Å². The molecule has 10 heteroatoms. The lowest BCUT2D eigenvalue weighted by atomic mass is 9.87. The van der Waals surface area contributed by atoms with Gasteiger partial charge in [-0.25, -0.2) is 0 Å². The summed E-state index contributed by atoms with van der Waals surface area (Å²) in [4.78, 5) is 16.4. The van der Waals surface area contributed by atoms with Gasteiger partial charge in [-0.3, -0.25) is 9.63 Å². The third-order valence-electron chi connectivity index (χ3n) is 3.33. The molecule has 140 valence electrons. The molecule has 0 bridgehead atoms. The van der Waals surface area contributed by atoms with E-state index >= 15 is 0 Å². The van der Waals surface area contributed by atoms with Crippen LogP contribution in [0.2, 0.25) is 0 Å². The smallest absolute Gasteiger partial charge is 0.277 e. The van der Waals surface area contributed by atoms with Crippen LogP contribution in [0.15, 0.2) is 60.7 Å². The van der Waals surface area contributed by atoms with Crippen LogP contribution in [0.5, 0.6) is 0 Å². The van der Waals surface area contributed by atoms with Crippen molar-refractivity contribution in [3.8, 4) is 0 Å². The zero-order valence-electron chi connectivity index (χ0n) is 12.7. The van der Waals surface area contributed by atoms with Crippen LogP contribution >= 0.6 is 11.6 Å². The van der Waals surface area contributed by atoms with E-state index in [0.717, 1.165) is 24.3 Å². The molecule has 0 atom stereocenters. The fourth-order valence-corrected chi connectivity index (χ4v) is 2.52. The highest BCUT2D eigenvalue weighted by atomic mass is 35.5. The summed E-state index contributed by atoms with van der Waals surface area (Å²) in [5.74, 6) is 0. The highest BCUT2D eigenvalue weighted by Crippen LogP contribution is 2.43. The third-order valence-corrected chi connectivity index (χ3v) is 3.59. The van der Waals surface area contributed by atoms with Crippen molar-refractivity contribution in [3.63, 3.8) is 0 Å². The van der Waals surface area contributed by atoms with Gasteiger partial charge in [-0.1, -0.05) is 60.7 Å². The number of nitrogens with zero attached hydrogens (tertiary/aromatic N) is 1. The monoisotopic (exact) mass is 397 g/mol. The minimum absolute atomic E-state index is 0.301. The van der Waals surface area contributed by atoms with Crippen molar-refractivity contribution in [1.29, 1.82) is 0 Å². The average Bonchev–Trinajstić information content (AvgIpc) is 2.55. The van der Waals surface area contributed by atoms with E-state index in [4.69, 9.17) is 11.6 Å². The molecule has 3 nitrogen and oxygen atoms in total. The molecule has 2 rings (SSSR count). The molecule has 0 amide bonds. The average molecular weight is 398 g/mol. The second kappa shape index (κ2) is 7.26. The Bertz CT molecular complexity index is 695. The van der Waals surface area contributed by atoms with Crippen LogP contribution < -0.4 is 0 Å². The largest absolute Gasteiger partial charge is 0.490 e. The molecule has 0 aliphatic rings. The summed E-state index contributed by atoms with van der Waals surface area (Å²) in [6, 6.07) is 12.8. The molecule has 0 saturated heterocycles. The van der Waals surface area contributed by atoms with Crippen LogP contribution in [-0.2, 0) is 15.2 Å². The van der Waals surface area contributed by atoms with Crippen molar-refractivity contribution in [1.82, 2.24) is 5.06 Å². The highest BCUT2D eigenvalue weighted by molar-refractivity contribution is 6.65. The van der Waals surface area contributed by atoms with Crippen molar-refractivity contribution in [2.45, 2.75) is 18.2 Å². The number of hydroxylamine groups is 2. The summed E-state index contributed by atoms with van der Waals surface area (Å²) in [6.07, 6.45) is -11.9. The van der Waals surface area contributed by atoms with Gasteiger partial charge in [0.05, 0.1) is 0 Å². The second-order valence-electron chi connectivity index (χ2n) is 5.01. The summed E-state index contributed by atoms with van der Waals surface area (Å²) in [5, 5.41) is -3.71. The maximum Gasteiger partial charge on any atom is 0.490 e. The van der Waals surface area contributed by atoms with Gasteiger partial charge in [0.2, 0.25) is 5.60 Å². The van der Waals surface area contributed by atoms with E-state index in [1.807, 2.05) is 0 Å². The Morgan fingerprint density at radius 1 is 0.769 bits per heavy atom. The zero-order valence-corrected chi connectivity index (χ0v) is 13.4. The summed E-state index contributed by atoms with van der Waals surface area (Å²) in [6.45, 7) is 0. The Kier molecular flexibility index (Phi) is 5.64. The molecule has 0 fully saturated rings. The van der Waals surface area contributed by atoms with Gasteiger partial charge in [-0.05, 0) is 22.7 Å². The first kappa shape index (κ1) is 20.2. The Hall–Kier alpha value is -2.10. The first-order valence-electron chi connectivity index (χ1n) is 6.93. The lowest BCUT2D eigenvalue weighted by Crippen LogP contribution is -2.54. The summed E-state index contributed by atoms with van der Waals surface area (Å²) >= 11 is 5.49. The Labute approximate surface area is 148 Å². The van der Waals surface area contributed by atoms with Crippen LogP contribution in [0, 0.1) is 0 Å². The van der Waals surface area contributed by atoms with Crippen LogP contribution in [0.1, 0.15) is 11.1 Å². The van der Waals surface area contributed by atoms with Crippen molar-refractivity contribution in [3.05, 3.63) is 71.8 Å². The second-order valence-corrected chi connectivity index (χ2v) is 5.35. The maximum absolute atomic E-state index is 13.0. The number of carbonyl (C=O) groups is 1. The normalized spacial score (nSPS) is 13.1. The lowest BCUT2D eigenvalue weighted by Gasteiger charge is -2.36. The Balaban J connectivity index is 2.74. The lowest BCUT2D eigenvalue weighted by molar-refractivity contribution is -0.497. The first-order chi connectivity index (χ1) is 12.0. The van der Waals surface area contributed by atoms with E-state index in [0.29, 0.717) is 0 Å². The van der Waals surface area contributed by atoms with Gasteiger partial charge in [0.15, 0.2) is 0 Å². The molecule has 0 aliphatic carbocycles. The molecule has 2 aromatic carbocycles. The number of benzene rings is 2. The molecule has 26 heavy (non-hydrogen) atoms. The molecule has 0 unspecified atom stereocenters. The summed E-state index contributed by atoms with van der Waals surface area (Å²) in [7, 11) is 0. The molecule has 0 aromatic heterocycles. The molecular weight excluding hydrogens is 388 g/mol. The predicted octanol–water partition coefficient (Wildman–Crippen LogP) is 4.97. The molecular formula is C16H10ClF6NO2. The Morgan fingerprint density at radius 3 is 1.38 bits per heavy atom. The first-order valence-corrected chi connectivity index (χ1v) is 7.31. The van der Waals surface area contributed by atoms with E-state index in [2.05, 4.69) is 4.84 Å². The number of alkyl halides is 6. The number of carbonyl (C=O) groups excluding carboxylic acids is 1. The third kappa shape index (κ3) is 4.00. The van der Waals surface area contributed by atoms with Gasteiger partial charge in [0, 0.05) is 5.06 Å². The number of halogens is 7. The van der Waals surface area contributed by atoms with Crippen molar-refractivity contribution in [2.75, 3.05) is 0 Å². The SMILES string of the molecule is O=C(Cl)C(ON(C(F)(F)F)C(F)(F)F)(c1ccccc1)c1ccccc1. The van der Waals surface area contributed by atoms with Gasteiger partial charge in [0.1, 0.15) is 0 Å². The van der Waals surface area contributed by atoms with Gasteiger partial charge >= 0.3 is 12.6 Å². The fraction of sp³-hybridized carbons (Fsp3) is 0.188. The maximum atomic E-state index is 13.0. The standard InChI is InChI=1S/C16H10ClF6NO2/c17-13(25)14(11-7-3-1-4-8-11,12-9-5-2-6-10-12)26-24(15(18,19)20)16(21,22)23/h1-10H. The van der Waals surface area contributed by atoms with E-state index in [-0.39, 0.29) is 11.1 Å². The van der Waals surface area contributed by atoms with E-state index in [9.17, 15) is 31.1 Å². The minimum atomic E-state index is -5.97. The van der Waals surface area contributed by atoms with Crippen LogP contribution in [0.4, 0.5) is 26.3 Å². The quantitative estimate of drug-likeness (QED) is 0.309. The van der Waals surface area contributed by atoms with Crippen LogP contribution in [-0.4, -0.2) is 22.9 Å². The molecule has 2 aromatic rings. The Morgan fingerprint density at radius 2 is 1.12 bits per heavy atom. The zero-order chi connectivity index (χ0) is 19.6. The summed E-state index contributed by atoms with van der Waals surface area (Å²) in [5.41, 5.74) is -3.47. The van der Waals surface area contributed by atoms with Crippen molar-refractivity contribution >= 4 is 16.8 Å². The molecule has 0 N–H and O–H groups in total. The summed E-state index contributed by atoms with van der Waals surface area (Å²) < 4.78 is 77.8. The van der Waals surface area contributed by atoms with Gasteiger partial charge in [-0.2, -0.15) is 26.3 Å². The van der Waals surface area contributed by atoms with Crippen LogP contribution in [0.3, 0.4) is 0 Å². The molecule has 0 heterocycles. The minimum Gasteiger partial charge on any atom is -0.277 e. The highest BCUT2D eigenvalue weighted by Gasteiger charge is 2.60. The predicted molar refractivity (Wildman–Crippen MR) is 79.6 cm³/mol. The van der Waals surface area contributed by atoms with E-state index in [1.54, 1.807) is 0 Å². The van der Waals surface area contributed by atoms with Gasteiger partial charge in [0.25, 0.3) is 5.24 Å².